The molecule has 0 heterocycles. The molecule has 0 fully saturated rings. The minimum absolute atomic E-state index is 0.101. The number of halogens is 1. The van der Waals surface area contributed by atoms with E-state index in [1.165, 1.54) is 0 Å². The molecule has 1 aromatic carbocycles. The van der Waals surface area contributed by atoms with Crippen molar-refractivity contribution < 1.29 is 14.2 Å². The first-order chi connectivity index (χ1) is 10.1. The van der Waals surface area contributed by atoms with Crippen LogP contribution in [0.2, 0.25) is 0 Å². The van der Waals surface area contributed by atoms with Gasteiger partial charge in [0.15, 0.2) is 0 Å². The van der Waals surface area contributed by atoms with Crippen molar-refractivity contribution in [3.63, 3.8) is 0 Å². The Morgan fingerprint density at radius 3 is 2.67 bits per heavy atom. The van der Waals surface area contributed by atoms with Gasteiger partial charge in [-0.25, -0.2) is 4.39 Å². The summed E-state index contributed by atoms with van der Waals surface area (Å²) in [6, 6.07) is 5.47. The number of benzene rings is 1. The van der Waals surface area contributed by atoms with Gasteiger partial charge >= 0.3 is 0 Å². The number of aliphatic hydroxyl groups is 1. The lowest BCUT2D eigenvalue weighted by atomic mass is 10.0. The monoisotopic (exact) mass is 298 g/mol. The predicted molar refractivity (Wildman–Crippen MR) is 83.0 cm³/mol. The van der Waals surface area contributed by atoms with Crippen molar-refractivity contribution in [2.45, 2.75) is 19.4 Å². The van der Waals surface area contributed by atoms with E-state index in [0.717, 1.165) is 25.1 Å². The Morgan fingerprint density at radius 1 is 1.33 bits per heavy atom. The maximum absolute atomic E-state index is 13.7. The number of hydrogen-bond acceptors (Lipinski definition) is 4. The predicted octanol–water partition coefficient (Wildman–Crippen LogP) is 1.73. The van der Waals surface area contributed by atoms with Crippen molar-refractivity contribution in [1.82, 2.24) is 10.2 Å². The Hall–Kier alpha value is -1.01. The van der Waals surface area contributed by atoms with Crippen molar-refractivity contribution in [3.8, 4) is 0 Å². The Balaban J connectivity index is 2.61. The molecule has 5 heteroatoms. The lowest BCUT2D eigenvalue weighted by Crippen LogP contribution is -2.33. The molecule has 0 saturated carbocycles. The van der Waals surface area contributed by atoms with Gasteiger partial charge in [0.2, 0.25) is 0 Å². The molecule has 1 unspecified atom stereocenters. The third-order valence-electron chi connectivity index (χ3n) is 3.71. The van der Waals surface area contributed by atoms with E-state index in [1.807, 2.05) is 19.2 Å². The van der Waals surface area contributed by atoms with Gasteiger partial charge in [-0.15, -0.1) is 0 Å². The van der Waals surface area contributed by atoms with Crippen LogP contribution in [0.3, 0.4) is 0 Å². The van der Waals surface area contributed by atoms with Gasteiger partial charge in [-0.2, -0.15) is 0 Å². The number of hydrogen-bond donors (Lipinski definition) is 2. The van der Waals surface area contributed by atoms with Crippen molar-refractivity contribution >= 4 is 0 Å². The Morgan fingerprint density at radius 2 is 2.10 bits per heavy atom. The molecule has 1 rings (SSSR count). The largest absolute Gasteiger partial charge is 0.395 e. The first kappa shape index (κ1) is 18.0. The van der Waals surface area contributed by atoms with Crippen LogP contribution in [0.4, 0.5) is 4.39 Å². The number of ether oxygens (including phenoxy) is 1. The molecule has 0 aliphatic rings. The highest BCUT2D eigenvalue weighted by Gasteiger charge is 2.13. The highest BCUT2D eigenvalue weighted by Crippen LogP contribution is 2.19. The van der Waals surface area contributed by atoms with Crippen LogP contribution in [0.1, 0.15) is 23.6 Å². The average Bonchev–Trinajstić information content (AvgIpc) is 2.48. The Bertz CT molecular complexity index is 415. The summed E-state index contributed by atoms with van der Waals surface area (Å²) in [4.78, 5) is 2.15. The maximum Gasteiger partial charge on any atom is 0.126 e. The third-order valence-corrected chi connectivity index (χ3v) is 3.71. The lowest BCUT2D eigenvalue weighted by molar-refractivity contribution is 0.128. The summed E-state index contributed by atoms with van der Waals surface area (Å²) in [6.45, 7) is 4.78. The smallest absolute Gasteiger partial charge is 0.126 e. The highest BCUT2D eigenvalue weighted by atomic mass is 19.1. The fourth-order valence-electron chi connectivity index (χ4n) is 2.31. The zero-order valence-electron chi connectivity index (χ0n) is 13.2. The molecule has 2 N–H and O–H groups in total. The number of aliphatic hydroxyl groups excluding tert-OH is 1. The Kier molecular flexibility index (Phi) is 8.45. The molecular formula is C16H27FN2O2. The van der Waals surface area contributed by atoms with Gasteiger partial charge in [0.05, 0.1) is 13.2 Å². The second-order valence-electron chi connectivity index (χ2n) is 5.20. The average molecular weight is 298 g/mol. The van der Waals surface area contributed by atoms with Gasteiger partial charge in [0, 0.05) is 32.8 Å². The van der Waals surface area contributed by atoms with Crippen LogP contribution in [0.15, 0.2) is 18.2 Å². The van der Waals surface area contributed by atoms with Gasteiger partial charge < -0.3 is 15.2 Å². The molecule has 0 amide bonds. The summed E-state index contributed by atoms with van der Waals surface area (Å²) in [5, 5.41) is 12.3. The first-order valence-corrected chi connectivity index (χ1v) is 7.37. The van der Waals surface area contributed by atoms with Crippen LogP contribution < -0.4 is 5.32 Å². The minimum atomic E-state index is -0.167. The van der Waals surface area contributed by atoms with Crippen LogP contribution >= 0.6 is 0 Å². The molecule has 0 aliphatic carbocycles. The van der Waals surface area contributed by atoms with Crippen LogP contribution in [0.5, 0.6) is 0 Å². The highest BCUT2D eigenvalue weighted by molar-refractivity contribution is 5.25. The van der Waals surface area contributed by atoms with Crippen molar-refractivity contribution in [2.75, 3.05) is 47.0 Å². The fourth-order valence-corrected chi connectivity index (χ4v) is 2.31. The molecule has 4 nitrogen and oxygen atoms in total. The molecule has 0 bridgehead atoms. The number of nitrogens with zero attached hydrogens (tertiary/aromatic N) is 1. The summed E-state index contributed by atoms with van der Waals surface area (Å²) in [5.74, 6) is -0.167. The molecule has 0 radical (unpaired) electrons. The zero-order valence-corrected chi connectivity index (χ0v) is 13.2. The van der Waals surface area contributed by atoms with Crippen molar-refractivity contribution in [1.29, 1.82) is 0 Å². The van der Waals surface area contributed by atoms with E-state index in [-0.39, 0.29) is 18.5 Å². The second-order valence-corrected chi connectivity index (χ2v) is 5.20. The van der Waals surface area contributed by atoms with Crippen LogP contribution in [-0.2, 0) is 4.74 Å². The molecule has 1 aromatic rings. The molecule has 1 atom stereocenters. The molecule has 21 heavy (non-hydrogen) atoms. The quantitative estimate of drug-likeness (QED) is 0.690. The number of nitrogens with one attached hydrogen (secondary N) is 1. The number of aryl methyl sites for hydroxylation is 1. The second kappa shape index (κ2) is 9.84. The van der Waals surface area contributed by atoms with Gasteiger partial charge in [0.25, 0.3) is 0 Å². The summed E-state index contributed by atoms with van der Waals surface area (Å²) < 4.78 is 18.8. The third kappa shape index (κ3) is 6.09. The molecular weight excluding hydrogens is 271 g/mol. The van der Waals surface area contributed by atoms with E-state index in [4.69, 9.17) is 9.84 Å². The SMILES string of the molecule is CNC(CCN(CCO)CCOC)c1ccc(C)c(F)c1. The van der Waals surface area contributed by atoms with E-state index in [2.05, 4.69) is 10.2 Å². The van der Waals surface area contributed by atoms with E-state index in [1.54, 1.807) is 20.1 Å². The van der Waals surface area contributed by atoms with Gasteiger partial charge in [-0.1, -0.05) is 12.1 Å². The number of methoxy groups -OCH3 is 1. The summed E-state index contributed by atoms with van der Waals surface area (Å²) >= 11 is 0. The van der Waals surface area contributed by atoms with E-state index in [0.29, 0.717) is 18.7 Å². The van der Waals surface area contributed by atoms with Gasteiger partial charge in [0.1, 0.15) is 5.82 Å². The van der Waals surface area contributed by atoms with Crippen LogP contribution in [0.25, 0.3) is 0 Å². The van der Waals surface area contributed by atoms with E-state index >= 15 is 0 Å². The summed E-state index contributed by atoms with van der Waals surface area (Å²) in [6.07, 6.45) is 0.850. The molecule has 0 aliphatic heterocycles. The minimum Gasteiger partial charge on any atom is -0.395 e. The van der Waals surface area contributed by atoms with Gasteiger partial charge in [-0.3, -0.25) is 4.90 Å². The lowest BCUT2D eigenvalue weighted by Gasteiger charge is -2.24. The maximum atomic E-state index is 13.7. The Labute approximate surface area is 126 Å². The summed E-state index contributed by atoms with van der Waals surface area (Å²) in [5.41, 5.74) is 1.62. The van der Waals surface area contributed by atoms with Crippen LogP contribution in [-0.4, -0.2) is 57.0 Å². The molecule has 0 saturated heterocycles. The summed E-state index contributed by atoms with van der Waals surface area (Å²) in [7, 11) is 3.55. The van der Waals surface area contributed by atoms with E-state index in [9.17, 15) is 4.39 Å². The van der Waals surface area contributed by atoms with Crippen LogP contribution in [0, 0.1) is 12.7 Å². The first-order valence-electron chi connectivity index (χ1n) is 7.37. The molecule has 0 spiro atoms. The van der Waals surface area contributed by atoms with E-state index < -0.39 is 0 Å². The normalized spacial score (nSPS) is 12.9. The number of rotatable bonds is 10. The van der Waals surface area contributed by atoms with Gasteiger partial charge in [-0.05, 0) is 37.6 Å². The zero-order chi connectivity index (χ0) is 15.7. The fraction of sp³-hybridized carbons (Fsp3) is 0.625. The van der Waals surface area contributed by atoms with Crippen molar-refractivity contribution in [3.05, 3.63) is 35.1 Å². The molecule has 120 valence electrons. The standard InChI is InChI=1S/C16H27FN2O2/c1-13-4-5-14(12-15(13)17)16(18-2)6-7-19(8-10-20)9-11-21-3/h4-5,12,16,18,20H,6-11H2,1-3H3. The van der Waals surface area contributed by atoms with Crippen molar-refractivity contribution in [2.24, 2.45) is 0 Å². The molecule has 0 aromatic heterocycles. The topological polar surface area (TPSA) is 44.7 Å².